The Labute approximate surface area is 92.5 Å². The summed E-state index contributed by atoms with van der Waals surface area (Å²) in [5.74, 6) is 0.832. The van der Waals surface area contributed by atoms with Crippen molar-refractivity contribution in [3.63, 3.8) is 0 Å². The van der Waals surface area contributed by atoms with E-state index in [0.717, 1.165) is 5.92 Å². The van der Waals surface area contributed by atoms with Crippen LogP contribution in [0.25, 0.3) is 0 Å². The van der Waals surface area contributed by atoms with Crippen molar-refractivity contribution in [1.82, 2.24) is 0 Å². The summed E-state index contributed by atoms with van der Waals surface area (Å²) in [6.07, 6.45) is 4.41. The van der Waals surface area contributed by atoms with Gasteiger partial charge in [0.1, 0.15) is 0 Å². The largest absolute Gasteiger partial charge is 0.371 e. The molecule has 0 aliphatic carbocycles. The van der Waals surface area contributed by atoms with Crippen molar-refractivity contribution in [2.75, 3.05) is 0 Å². The van der Waals surface area contributed by atoms with Crippen LogP contribution in [0.4, 0.5) is 0 Å². The molecule has 1 nitrogen and oxygen atoms in total. The Balaban J connectivity index is 2.09. The molecule has 0 saturated carbocycles. The van der Waals surface area contributed by atoms with Gasteiger partial charge >= 0.3 is 0 Å². The van der Waals surface area contributed by atoms with E-state index in [-0.39, 0.29) is 0 Å². The summed E-state index contributed by atoms with van der Waals surface area (Å²) in [6.45, 7) is 4.47. The maximum atomic E-state index is 6.00. The molecule has 1 heterocycles. The van der Waals surface area contributed by atoms with E-state index in [2.05, 4.69) is 44.2 Å². The average molecular weight is 204 g/mol. The van der Waals surface area contributed by atoms with Gasteiger partial charge in [-0.05, 0) is 31.2 Å². The third-order valence-electron chi connectivity index (χ3n) is 3.36. The summed E-state index contributed by atoms with van der Waals surface area (Å²) in [4.78, 5) is 0. The highest BCUT2D eigenvalue weighted by molar-refractivity contribution is 5.18. The number of rotatable bonds is 2. The standard InChI is InChI=1S/C14H20O/c1-3-12-9-11(2)15-14(10-12)13-7-5-4-6-8-13/h4-8,11-12,14H,3,9-10H2,1-2H3. The van der Waals surface area contributed by atoms with E-state index in [1.54, 1.807) is 0 Å². The fraction of sp³-hybridized carbons (Fsp3) is 0.571. The monoisotopic (exact) mass is 204 g/mol. The molecule has 0 bridgehead atoms. The molecule has 0 radical (unpaired) electrons. The van der Waals surface area contributed by atoms with Crippen LogP contribution in [-0.4, -0.2) is 6.10 Å². The van der Waals surface area contributed by atoms with Gasteiger partial charge in [0, 0.05) is 0 Å². The van der Waals surface area contributed by atoms with Crippen LogP contribution in [0.15, 0.2) is 30.3 Å². The third-order valence-corrected chi connectivity index (χ3v) is 3.36. The first-order valence-electron chi connectivity index (χ1n) is 6.00. The molecule has 0 spiro atoms. The molecule has 1 aromatic carbocycles. The molecule has 15 heavy (non-hydrogen) atoms. The van der Waals surface area contributed by atoms with E-state index < -0.39 is 0 Å². The van der Waals surface area contributed by atoms with Gasteiger partial charge in [-0.3, -0.25) is 0 Å². The molecule has 1 fully saturated rings. The maximum Gasteiger partial charge on any atom is 0.0831 e. The van der Waals surface area contributed by atoms with Crippen molar-refractivity contribution in [3.8, 4) is 0 Å². The van der Waals surface area contributed by atoms with Gasteiger partial charge in [0.25, 0.3) is 0 Å². The number of benzene rings is 1. The average Bonchev–Trinajstić information content (AvgIpc) is 2.29. The van der Waals surface area contributed by atoms with Gasteiger partial charge in [0.05, 0.1) is 12.2 Å². The normalized spacial score (nSPS) is 31.5. The summed E-state index contributed by atoms with van der Waals surface area (Å²) >= 11 is 0. The summed E-state index contributed by atoms with van der Waals surface area (Å²) in [6, 6.07) is 10.6. The van der Waals surface area contributed by atoms with E-state index in [9.17, 15) is 0 Å². The lowest BCUT2D eigenvalue weighted by molar-refractivity contribution is -0.0643. The molecule has 1 aromatic rings. The van der Waals surface area contributed by atoms with Crippen LogP contribution in [0.1, 0.15) is 44.8 Å². The Hall–Kier alpha value is -0.820. The molecule has 0 aromatic heterocycles. The van der Waals surface area contributed by atoms with Gasteiger partial charge < -0.3 is 4.74 Å². The zero-order valence-corrected chi connectivity index (χ0v) is 9.65. The van der Waals surface area contributed by atoms with Crippen molar-refractivity contribution in [2.24, 2.45) is 5.92 Å². The Morgan fingerprint density at radius 2 is 1.93 bits per heavy atom. The highest BCUT2D eigenvalue weighted by atomic mass is 16.5. The second-order valence-electron chi connectivity index (χ2n) is 4.59. The predicted octanol–water partition coefficient (Wildman–Crippen LogP) is 3.95. The lowest BCUT2D eigenvalue weighted by Crippen LogP contribution is -2.25. The Bertz CT molecular complexity index is 293. The second kappa shape index (κ2) is 4.80. The molecule has 3 atom stereocenters. The van der Waals surface area contributed by atoms with Crippen molar-refractivity contribution >= 4 is 0 Å². The van der Waals surface area contributed by atoms with Crippen molar-refractivity contribution in [3.05, 3.63) is 35.9 Å². The van der Waals surface area contributed by atoms with Gasteiger partial charge in [0.2, 0.25) is 0 Å². The maximum absolute atomic E-state index is 6.00. The molecule has 1 aliphatic heterocycles. The van der Waals surface area contributed by atoms with Crippen LogP contribution in [0, 0.1) is 5.92 Å². The lowest BCUT2D eigenvalue weighted by atomic mass is 9.87. The third kappa shape index (κ3) is 2.60. The summed E-state index contributed by atoms with van der Waals surface area (Å²) in [5.41, 5.74) is 1.34. The first-order chi connectivity index (χ1) is 7.29. The number of hydrogen-bond acceptors (Lipinski definition) is 1. The fourth-order valence-corrected chi connectivity index (χ4v) is 2.48. The second-order valence-corrected chi connectivity index (χ2v) is 4.59. The summed E-state index contributed by atoms with van der Waals surface area (Å²) < 4.78 is 6.00. The van der Waals surface area contributed by atoms with Crippen LogP contribution in [-0.2, 0) is 4.74 Å². The molecule has 0 N–H and O–H groups in total. The van der Waals surface area contributed by atoms with Crippen LogP contribution < -0.4 is 0 Å². The number of ether oxygens (including phenoxy) is 1. The lowest BCUT2D eigenvalue weighted by Gasteiger charge is -2.33. The first-order valence-corrected chi connectivity index (χ1v) is 6.00. The Kier molecular flexibility index (Phi) is 3.42. The molecular weight excluding hydrogens is 184 g/mol. The van der Waals surface area contributed by atoms with E-state index in [0.29, 0.717) is 12.2 Å². The number of hydrogen-bond donors (Lipinski definition) is 0. The van der Waals surface area contributed by atoms with Gasteiger partial charge in [-0.15, -0.1) is 0 Å². The van der Waals surface area contributed by atoms with E-state index in [1.807, 2.05) is 0 Å². The first kappa shape index (κ1) is 10.7. The van der Waals surface area contributed by atoms with E-state index in [1.165, 1.54) is 24.8 Å². The molecule has 1 saturated heterocycles. The zero-order chi connectivity index (χ0) is 10.7. The topological polar surface area (TPSA) is 9.23 Å². The van der Waals surface area contributed by atoms with E-state index in [4.69, 9.17) is 4.74 Å². The minimum atomic E-state index is 0.319. The molecule has 2 rings (SSSR count). The SMILES string of the molecule is CCC1CC(C)OC(c2ccccc2)C1. The highest BCUT2D eigenvalue weighted by Gasteiger charge is 2.26. The minimum absolute atomic E-state index is 0.319. The van der Waals surface area contributed by atoms with Crippen molar-refractivity contribution < 1.29 is 4.74 Å². The summed E-state index contributed by atoms with van der Waals surface area (Å²) in [7, 11) is 0. The minimum Gasteiger partial charge on any atom is -0.371 e. The Morgan fingerprint density at radius 1 is 1.20 bits per heavy atom. The van der Waals surface area contributed by atoms with Crippen LogP contribution in [0.5, 0.6) is 0 Å². The van der Waals surface area contributed by atoms with Crippen molar-refractivity contribution in [1.29, 1.82) is 0 Å². The van der Waals surface area contributed by atoms with Crippen LogP contribution in [0.3, 0.4) is 0 Å². The molecule has 82 valence electrons. The molecule has 0 amide bonds. The van der Waals surface area contributed by atoms with Crippen molar-refractivity contribution in [2.45, 2.75) is 45.3 Å². The van der Waals surface area contributed by atoms with Gasteiger partial charge in [0.15, 0.2) is 0 Å². The zero-order valence-electron chi connectivity index (χ0n) is 9.65. The molecule has 3 unspecified atom stereocenters. The van der Waals surface area contributed by atoms with Gasteiger partial charge in [-0.2, -0.15) is 0 Å². The van der Waals surface area contributed by atoms with Crippen LogP contribution in [0.2, 0.25) is 0 Å². The molecule has 1 heteroatoms. The van der Waals surface area contributed by atoms with Gasteiger partial charge in [-0.1, -0.05) is 43.7 Å². The highest BCUT2D eigenvalue weighted by Crippen LogP contribution is 2.35. The predicted molar refractivity (Wildman–Crippen MR) is 62.7 cm³/mol. The fourth-order valence-electron chi connectivity index (χ4n) is 2.48. The smallest absolute Gasteiger partial charge is 0.0831 e. The summed E-state index contributed by atoms with van der Waals surface area (Å²) in [5, 5.41) is 0. The quantitative estimate of drug-likeness (QED) is 0.708. The van der Waals surface area contributed by atoms with Gasteiger partial charge in [-0.25, -0.2) is 0 Å². The molecular formula is C14H20O. The molecule has 1 aliphatic rings. The Morgan fingerprint density at radius 3 is 2.60 bits per heavy atom. The van der Waals surface area contributed by atoms with Crippen LogP contribution >= 0.6 is 0 Å². The van der Waals surface area contributed by atoms with E-state index >= 15 is 0 Å².